The van der Waals surface area contributed by atoms with Crippen LogP contribution in [0.25, 0.3) is 11.0 Å². The number of alkyl carbamates (subject to hydrolysis) is 1. The summed E-state index contributed by atoms with van der Waals surface area (Å²) in [7, 11) is 0. The van der Waals surface area contributed by atoms with Gasteiger partial charge in [0.25, 0.3) is 5.91 Å². The van der Waals surface area contributed by atoms with Crippen molar-refractivity contribution in [2.75, 3.05) is 23.3 Å². The van der Waals surface area contributed by atoms with Gasteiger partial charge in [0.1, 0.15) is 11.2 Å². The summed E-state index contributed by atoms with van der Waals surface area (Å²) in [6, 6.07) is 9.15. The van der Waals surface area contributed by atoms with Crippen LogP contribution in [0.3, 0.4) is 0 Å². The van der Waals surface area contributed by atoms with Gasteiger partial charge in [-0.1, -0.05) is 30.3 Å². The van der Waals surface area contributed by atoms with Crippen molar-refractivity contribution in [2.24, 2.45) is 0 Å². The van der Waals surface area contributed by atoms with E-state index in [1.807, 2.05) is 30.3 Å². The molecule has 13 heteroatoms. The van der Waals surface area contributed by atoms with Crippen LogP contribution in [0.2, 0.25) is 0 Å². The number of aromatic nitrogens is 4. The molecule has 3 N–H and O–H groups in total. The molecule has 42 heavy (non-hydrogen) atoms. The minimum Gasteiger partial charge on any atom is -0.444 e. The molecule has 4 aromatic rings. The van der Waals surface area contributed by atoms with Crippen molar-refractivity contribution in [3.8, 4) is 0 Å². The second-order valence-electron chi connectivity index (χ2n) is 11.2. The normalized spacial score (nSPS) is 16.0. The number of anilines is 2. The Bertz CT molecular complexity index is 1570. The number of benzene rings is 1. The second-order valence-corrected chi connectivity index (χ2v) is 11.2. The maximum absolute atomic E-state index is 14.3. The highest BCUT2D eigenvalue weighted by Crippen LogP contribution is 2.43. The number of amides is 2. The molecule has 1 aromatic carbocycles. The summed E-state index contributed by atoms with van der Waals surface area (Å²) in [5.41, 5.74) is -0.160. The van der Waals surface area contributed by atoms with Crippen LogP contribution >= 0.6 is 0 Å². The molecule has 1 aliphatic rings. The number of rotatable bonds is 6. The number of nitrogens with one attached hydrogen (secondary N) is 3. The van der Waals surface area contributed by atoms with Gasteiger partial charge in [-0.2, -0.15) is 18.3 Å². The van der Waals surface area contributed by atoms with Gasteiger partial charge < -0.3 is 25.3 Å². The van der Waals surface area contributed by atoms with Crippen molar-refractivity contribution in [3.63, 3.8) is 0 Å². The van der Waals surface area contributed by atoms with Crippen molar-refractivity contribution in [2.45, 2.75) is 58.0 Å². The standard InChI is InChI=1S/C29H32F3N7O3/c1-28(2,3)42-27(41)36-20-10-7-11-38(17-20)24-21(29(30,31)32)13-33-25-23(24)22(14-34-25)37-26(40)19-12-35-39(16-19)15-18-8-5-4-6-9-18/h4-6,8-9,12-14,16,20H,7,10-11,15,17H2,1-3H3,(H,33,34)(H,36,41)(H,37,40). The third kappa shape index (κ3) is 6.67. The summed E-state index contributed by atoms with van der Waals surface area (Å²) >= 11 is 0. The molecule has 1 fully saturated rings. The van der Waals surface area contributed by atoms with E-state index in [1.165, 1.54) is 12.4 Å². The molecule has 4 heterocycles. The Morgan fingerprint density at radius 2 is 1.90 bits per heavy atom. The quantitative estimate of drug-likeness (QED) is 0.273. The van der Waals surface area contributed by atoms with E-state index in [9.17, 15) is 22.8 Å². The van der Waals surface area contributed by atoms with Crippen LogP contribution in [-0.4, -0.2) is 56.5 Å². The predicted octanol–water partition coefficient (Wildman–Crippen LogP) is 5.57. The zero-order valence-corrected chi connectivity index (χ0v) is 23.5. The maximum atomic E-state index is 14.3. The van der Waals surface area contributed by atoms with Crippen molar-refractivity contribution in [1.29, 1.82) is 0 Å². The fraction of sp³-hybridized carbons (Fsp3) is 0.379. The zero-order valence-electron chi connectivity index (χ0n) is 23.5. The van der Waals surface area contributed by atoms with Gasteiger partial charge in [-0.15, -0.1) is 0 Å². The minimum atomic E-state index is -4.71. The molecule has 0 radical (unpaired) electrons. The summed E-state index contributed by atoms with van der Waals surface area (Å²) in [6.45, 7) is 6.10. The first-order valence-corrected chi connectivity index (χ1v) is 13.6. The Morgan fingerprint density at radius 1 is 1.14 bits per heavy atom. The fourth-order valence-electron chi connectivity index (χ4n) is 5.02. The summed E-state index contributed by atoms with van der Waals surface area (Å²) < 4.78 is 49.9. The largest absolute Gasteiger partial charge is 0.444 e. The molecule has 0 spiro atoms. The van der Waals surface area contributed by atoms with Gasteiger partial charge in [0.05, 0.1) is 40.6 Å². The predicted molar refractivity (Wildman–Crippen MR) is 151 cm³/mol. The third-order valence-electron chi connectivity index (χ3n) is 6.77. The fourth-order valence-corrected chi connectivity index (χ4v) is 5.02. The van der Waals surface area contributed by atoms with Crippen molar-refractivity contribution >= 4 is 34.4 Å². The number of hydrogen-bond acceptors (Lipinski definition) is 6. The number of piperidine rings is 1. The van der Waals surface area contributed by atoms with Gasteiger partial charge in [-0.05, 0) is 39.2 Å². The lowest BCUT2D eigenvalue weighted by Gasteiger charge is -2.36. The molecule has 222 valence electrons. The van der Waals surface area contributed by atoms with Crippen LogP contribution in [0.15, 0.2) is 55.1 Å². The van der Waals surface area contributed by atoms with E-state index in [0.717, 1.165) is 11.8 Å². The van der Waals surface area contributed by atoms with E-state index in [1.54, 1.807) is 36.5 Å². The first kappa shape index (κ1) is 29.0. The number of carbonyl (C=O) groups is 2. The lowest BCUT2D eigenvalue weighted by atomic mass is 10.0. The number of halogens is 3. The molecule has 1 unspecified atom stereocenters. The monoisotopic (exact) mass is 583 g/mol. The van der Waals surface area contributed by atoms with Gasteiger partial charge in [0.2, 0.25) is 0 Å². The van der Waals surface area contributed by atoms with E-state index >= 15 is 0 Å². The Hall–Kier alpha value is -4.55. The van der Waals surface area contributed by atoms with Crippen LogP contribution in [-0.2, 0) is 17.5 Å². The number of hydrogen-bond donors (Lipinski definition) is 3. The van der Waals surface area contributed by atoms with E-state index < -0.39 is 35.4 Å². The zero-order chi connectivity index (χ0) is 30.1. The number of ether oxygens (including phenoxy) is 1. The van der Waals surface area contributed by atoms with Gasteiger partial charge in [0, 0.05) is 37.7 Å². The summed E-state index contributed by atoms with van der Waals surface area (Å²) in [5.74, 6) is -0.526. The molecule has 3 aromatic heterocycles. The average Bonchev–Trinajstić information content (AvgIpc) is 3.54. The highest BCUT2D eigenvalue weighted by atomic mass is 19.4. The summed E-state index contributed by atoms with van der Waals surface area (Å²) in [6.07, 6.45) is 0.974. The first-order valence-electron chi connectivity index (χ1n) is 13.6. The van der Waals surface area contributed by atoms with Crippen LogP contribution in [0.4, 0.5) is 29.3 Å². The number of pyridine rings is 1. The van der Waals surface area contributed by atoms with Crippen molar-refractivity contribution in [1.82, 2.24) is 25.1 Å². The molecular weight excluding hydrogens is 551 g/mol. The van der Waals surface area contributed by atoms with Crippen LogP contribution in [0.1, 0.15) is 55.1 Å². The van der Waals surface area contributed by atoms with Crippen LogP contribution in [0, 0.1) is 0 Å². The van der Waals surface area contributed by atoms with Crippen LogP contribution < -0.4 is 15.5 Å². The van der Waals surface area contributed by atoms with Gasteiger partial charge in [0.15, 0.2) is 0 Å². The lowest BCUT2D eigenvalue weighted by molar-refractivity contribution is -0.137. The summed E-state index contributed by atoms with van der Waals surface area (Å²) in [4.78, 5) is 34.0. The second kappa shape index (κ2) is 11.4. The Labute approximate surface area is 240 Å². The van der Waals surface area contributed by atoms with Gasteiger partial charge in [-0.25, -0.2) is 9.78 Å². The number of alkyl halides is 3. The average molecular weight is 584 g/mol. The molecule has 1 atom stereocenters. The smallest absolute Gasteiger partial charge is 0.419 e. The molecule has 5 rings (SSSR count). The number of nitrogens with zero attached hydrogens (tertiary/aromatic N) is 4. The highest BCUT2D eigenvalue weighted by Gasteiger charge is 2.39. The maximum Gasteiger partial charge on any atom is 0.419 e. The Kier molecular flexibility index (Phi) is 7.85. The topological polar surface area (TPSA) is 117 Å². The van der Waals surface area contributed by atoms with Crippen molar-refractivity contribution < 1.29 is 27.5 Å². The van der Waals surface area contributed by atoms with E-state index in [0.29, 0.717) is 25.9 Å². The molecule has 0 bridgehead atoms. The van der Waals surface area contributed by atoms with Gasteiger partial charge >= 0.3 is 12.3 Å². The number of carbonyl (C=O) groups excluding carboxylic acids is 2. The summed E-state index contributed by atoms with van der Waals surface area (Å²) in [5, 5.41) is 9.90. The van der Waals surface area contributed by atoms with Crippen LogP contribution in [0.5, 0.6) is 0 Å². The number of aromatic amines is 1. The molecule has 0 saturated carbocycles. The first-order chi connectivity index (χ1) is 19.9. The van der Waals surface area contributed by atoms with E-state index in [2.05, 4.69) is 25.7 Å². The Morgan fingerprint density at radius 3 is 2.62 bits per heavy atom. The molecule has 1 saturated heterocycles. The lowest BCUT2D eigenvalue weighted by Crippen LogP contribution is -2.49. The minimum absolute atomic E-state index is 0.112. The number of fused-ring (bicyclic) bond motifs is 1. The molecule has 1 aliphatic heterocycles. The molecular formula is C29H32F3N7O3. The molecule has 2 amide bonds. The number of H-pyrrole nitrogens is 1. The SMILES string of the molecule is CC(C)(C)OC(=O)NC1CCCN(c2c(C(F)(F)F)cnc3[nH]cc(NC(=O)c4cnn(Cc5ccccc5)c4)c23)C1. The van der Waals surface area contributed by atoms with Crippen molar-refractivity contribution in [3.05, 3.63) is 71.8 Å². The molecule has 0 aliphatic carbocycles. The Balaban J connectivity index is 1.43. The van der Waals surface area contributed by atoms with Gasteiger partial charge in [-0.3, -0.25) is 9.48 Å². The highest BCUT2D eigenvalue weighted by molar-refractivity contribution is 6.11. The van der Waals surface area contributed by atoms with E-state index in [-0.39, 0.29) is 34.5 Å². The third-order valence-corrected chi connectivity index (χ3v) is 6.77. The molecule has 10 nitrogen and oxygen atoms in total. The van der Waals surface area contributed by atoms with E-state index in [4.69, 9.17) is 4.74 Å².